The van der Waals surface area contributed by atoms with Crippen molar-refractivity contribution in [2.75, 3.05) is 24.9 Å². The maximum absolute atomic E-state index is 13.4. The van der Waals surface area contributed by atoms with Gasteiger partial charge in [-0.05, 0) is 35.2 Å². The smallest absolute Gasteiger partial charge is 0.265 e. The average molecular weight is 403 g/mol. The van der Waals surface area contributed by atoms with Crippen molar-refractivity contribution in [2.45, 2.75) is 37.2 Å². The molecule has 1 atom stereocenters. The Morgan fingerprint density at radius 1 is 1.11 bits per heavy atom. The molecule has 0 saturated heterocycles. The number of hydrogen-bond donors (Lipinski definition) is 0. The first-order valence-corrected chi connectivity index (χ1v) is 10.6. The second kappa shape index (κ2) is 7.13. The van der Waals surface area contributed by atoms with Gasteiger partial charge in [-0.25, -0.2) is 8.42 Å². The molecule has 0 aromatic heterocycles. The second-order valence-electron chi connectivity index (χ2n) is 8.12. The summed E-state index contributed by atoms with van der Waals surface area (Å²) in [5, 5.41) is 0. The van der Waals surface area contributed by atoms with E-state index in [0.29, 0.717) is 11.4 Å². The van der Waals surface area contributed by atoms with Gasteiger partial charge in [0.1, 0.15) is 5.75 Å². The summed E-state index contributed by atoms with van der Waals surface area (Å²) < 4.78 is 34.0. The van der Waals surface area contributed by atoms with Crippen LogP contribution in [-0.2, 0) is 20.2 Å². The number of hydrogen-bond acceptors (Lipinski definition) is 4. The summed E-state index contributed by atoms with van der Waals surface area (Å²) in [5.41, 5.74) is 1.28. The third-order valence-corrected chi connectivity index (χ3v) is 6.54. The summed E-state index contributed by atoms with van der Waals surface area (Å²) in [6.07, 6.45) is -0.901. The highest BCUT2D eigenvalue weighted by atomic mass is 32.2. The van der Waals surface area contributed by atoms with Crippen molar-refractivity contribution in [1.82, 2.24) is 4.90 Å². The van der Waals surface area contributed by atoms with Gasteiger partial charge in [-0.3, -0.25) is 9.10 Å². The standard InChI is InChI=1S/C21H26N2O4S/c1-21(2,3)15-11-12-18-17(13-15)23(14-19(27-18)20(24)22(4)5)28(25,26)16-9-7-6-8-10-16/h6-13,19H,14H2,1-5H3/t19-/m1/s1. The lowest BCUT2D eigenvalue weighted by atomic mass is 9.86. The Morgan fingerprint density at radius 3 is 2.32 bits per heavy atom. The van der Waals surface area contributed by atoms with E-state index in [2.05, 4.69) is 20.8 Å². The van der Waals surface area contributed by atoms with Crippen molar-refractivity contribution in [3.63, 3.8) is 0 Å². The summed E-state index contributed by atoms with van der Waals surface area (Å²) in [7, 11) is -0.597. The highest BCUT2D eigenvalue weighted by molar-refractivity contribution is 7.92. The molecule has 1 heterocycles. The van der Waals surface area contributed by atoms with Crippen molar-refractivity contribution in [3.8, 4) is 5.75 Å². The van der Waals surface area contributed by atoms with Crippen molar-refractivity contribution < 1.29 is 17.9 Å². The number of anilines is 1. The zero-order valence-corrected chi connectivity index (χ0v) is 17.7. The first-order chi connectivity index (χ1) is 13.0. The van der Waals surface area contributed by atoms with Gasteiger partial charge < -0.3 is 9.64 Å². The molecule has 1 aliphatic rings. The Kier molecular flexibility index (Phi) is 5.14. The number of ether oxygens (including phenoxy) is 1. The van der Waals surface area contributed by atoms with Crippen molar-refractivity contribution in [1.29, 1.82) is 0 Å². The van der Waals surface area contributed by atoms with E-state index in [9.17, 15) is 13.2 Å². The number of carbonyl (C=O) groups is 1. The van der Waals surface area contributed by atoms with E-state index in [1.54, 1.807) is 50.5 Å². The van der Waals surface area contributed by atoms with E-state index < -0.39 is 16.1 Å². The molecule has 0 saturated carbocycles. The molecule has 0 spiro atoms. The number of likely N-dealkylation sites (N-methyl/N-ethyl adjacent to an activating group) is 1. The van der Waals surface area contributed by atoms with Crippen LogP contribution in [0.3, 0.4) is 0 Å². The summed E-state index contributed by atoms with van der Waals surface area (Å²) >= 11 is 0. The maximum atomic E-state index is 13.4. The predicted octanol–water partition coefficient (Wildman–Crippen LogP) is 3.03. The van der Waals surface area contributed by atoms with E-state index in [1.807, 2.05) is 12.1 Å². The molecule has 28 heavy (non-hydrogen) atoms. The third-order valence-electron chi connectivity index (χ3n) is 4.74. The van der Waals surface area contributed by atoms with Gasteiger partial charge in [0.2, 0.25) is 0 Å². The minimum Gasteiger partial charge on any atom is -0.476 e. The maximum Gasteiger partial charge on any atom is 0.265 e. The van der Waals surface area contributed by atoms with Gasteiger partial charge in [0.15, 0.2) is 6.10 Å². The average Bonchev–Trinajstić information content (AvgIpc) is 2.65. The number of sulfonamides is 1. The number of benzene rings is 2. The van der Waals surface area contributed by atoms with Crippen LogP contribution in [0.15, 0.2) is 53.4 Å². The number of carbonyl (C=O) groups excluding carboxylic acids is 1. The minimum atomic E-state index is -3.85. The van der Waals surface area contributed by atoms with Crippen molar-refractivity contribution >= 4 is 21.6 Å². The van der Waals surface area contributed by atoms with E-state index in [-0.39, 0.29) is 22.8 Å². The highest BCUT2D eigenvalue weighted by Gasteiger charge is 2.38. The van der Waals surface area contributed by atoms with Crippen LogP contribution in [0.25, 0.3) is 0 Å². The van der Waals surface area contributed by atoms with Gasteiger partial charge in [0.25, 0.3) is 15.9 Å². The first-order valence-electron chi connectivity index (χ1n) is 9.12. The molecule has 3 rings (SSSR count). The zero-order valence-electron chi connectivity index (χ0n) is 16.8. The summed E-state index contributed by atoms with van der Waals surface area (Å²) in [6.45, 7) is 6.11. The molecule has 6 nitrogen and oxygen atoms in total. The molecular weight excluding hydrogens is 376 g/mol. The molecule has 1 aliphatic heterocycles. The van der Waals surface area contributed by atoms with Gasteiger partial charge in [0.05, 0.1) is 17.1 Å². The van der Waals surface area contributed by atoms with Crippen molar-refractivity contribution in [3.05, 3.63) is 54.1 Å². The lowest BCUT2D eigenvalue weighted by Crippen LogP contribution is -2.50. The monoisotopic (exact) mass is 402 g/mol. The topological polar surface area (TPSA) is 66.9 Å². The summed E-state index contributed by atoms with van der Waals surface area (Å²) in [5.74, 6) is 0.109. The van der Waals surface area contributed by atoms with Gasteiger partial charge in [-0.2, -0.15) is 0 Å². The van der Waals surface area contributed by atoms with Crippen molar-refractivity contribution in [2.24, 2.45) is 0 Å². The van der Waals surface area contributed by atoms with E-state index in [4.69, 9.17) is 4.74 Å². The first kappa shape index (κ1) is 20.2. The van der Waals surface area contributed by atoms with Crippen LogP contribution in [-0.4, -0.2) is 46.0 Å². The molecule has 0 aliphatic carbocycles. The Balaban J connectivity index is 2.15. The molecular formula is C21H26N2O4S. The molecule has 0 radical (unpaired) electrons. The van der Waals surface area contributed by atoms with E-state index in [1.165, 1.54) is 9.21 Å². The molecule has 2 aromatic carbocycles. The van der Waals surface area contributed by atoms with Gasteiger partial charge >= 0.3 is 0 Å². The zero-order chi connectivity index (χ0) is 20.7. The molecule has 2 aromatic rings. The lowest BCUT2D eigenvalue weighted by Gasteiger charge is -2.36. The molecule has 0 unspecified atom stereocenters. The van der Waals surface area contributed by atoms with Gasteiger partial charge in [-0.15, -0.1) is 0 Å². The second-order valence-corrected chi connectivity index (χ2v) is 9.98. The Bertz CT molecular complexity index is 979. The molecule has 0 bridgehead atoms. The largest absolute Gasteiger partial charge is 0.476 e. The molecule has 0 fully saturated rings. The quantitative estimate of drug-likeness (QED) is 0.792. The fourth-order valence-electron chi connectivity index (χ4n) is 3.08. The van der Waals surface area contributed by atoms with Crippen LogP contribution in [0.1, 0.15) is 26.3 Å². The molecule has 1 amide bonds. The van der Waals surface area contributed by atoms with E-state index >= 15 is 0 Å². The number of fused-ring (bicyclic) bond motifs is 1. The molecule has 7 heteroatoms. The van der Waals surface area contributed by atoms with Crippen LogP contribution in [0.5, 0.6) is 5.75 Å². The van der Waals surface area contributed by atoms with Crippen LogP contribution >= 0.6 is 0 Å². The lowest BCUT2D eigenvalue weighted by molar-refractivity contribution is -0.135. The van der Waals surface area contributed by atoms with Crippen LogP contribution in [0.2, 0.25) is 0 Å². The normalized spacial score (nSPS) is 16.9. The molecule has 0 N–H and O–H groups in total. The van der Waals surface area contributed by atoms with E-state index in [0.717, 1.165) is 5.56 Å². The SMILES string of the molecule is CN(C)C(=O)[C@H]1CN(S(=O)(=O)c2ccccc2)c2cc(C(C)(C)C)ccc2O1. The number of amides is 1. The Morgan fingerprint density at radius 2 is 1.75 bits per heavy atom. The predicted molar refractivity (Wildman–Crippen MR) is 109 cm³/mol. The Labute approximate surface area is 166 Å². The minimum absolute atomic E-state index is 0.0746. The fourth-order valence-corrected chi connectivity index (χ4v) is 4.57. The third kappa shape index (κ3) is 3.71. The summed E-state index contributed by atoms with van der Waals surface area (Å²) in [4.78, 5) is 14.1. The number of nitrogens with zero attached hydrogens (tertiary/aromatic N) is 2. The fraction of sp³-hybridized carbons (Fsp3) is 0.381. The number of rotatable bonds is 3. The summed E-state index contributed by atoms with van der Waals surface area (Å²) in [6, 6.07) is 13.7. The molecule has 150 valence electrons. The van der Waals surface area contributed by atoms with Gasteiger partial charge in [0, 0.05) is 14.1 Å². The Hall–Kier alpha value is -2.54. The van der Waals surface area contributed by atoms with Crippen LogP contribution < -0.4 is 9.04 Å². The van der Waals surface area contributed by atoms with Crippen LogP contribution in [0.4, 0.5) is 5.69 Å². The highest BCUT2D eigenvalue weighted by Crippen LogP contribution is 2.40. The van der Waals surface area contributed by atoms with Crippen LogP contribution in [0, 0.1) is 0 Å². The van der Waals surface area contributed by atoms with Gasteiger partial charge in [-0.1, -0.05) is 45.0 Å².